The van der Waals surface area contributed by atoms with Crippen LogP contribution in [-0.4, -0.2) is 28.0 Å². The highest BCUT2D eigenvalue weighted by Crippen LogP contribution is 2.17. The molecule has 1 amide bonds. The highest BCUT2D eigenvalue weighted by molar-refractivity contribution is 7.92. The van der Waals surface area contributed by atoms with Gasteiger partial charge < -0.3 is 9.87 Å². The molecule has 1 fully saturated rings. The van der Waals surface area contributed by atoms with E-state index in [4.69, 9.17) is 0 Å². The summed E-state index contributed by atoms with van der Waals surface area (Å²) < 4.78 is 12.2. The molecule has 1 N–H and O–H groups in total. The SMILES string of the molecule is CCCCCCCCCCCC[S+]([O-])C1CCCCNC1=O. The van der Waals surface area contributed by atoms with E-state index >= 15 is 0 Å². The van der Waals surface area contributed by atoms with Crippen LogP contribution in [0, 0.1) is 0 Å². The van der Waals surface area contributed by atoms with Crippen LogP contribution in [0.15, 0.2) is 0 Å². The van der Waals surface area contributed by atoms with E-state index in [9.17, 15) is 9.35 Å². The second-order valence-electron chi connectivity index (χ2n) is 6.54. The van der Waals surface area contributed by atoms with E-state index in [1.807, 2.05) is 0 Å². The molecule has 130 valence electrons. The molecule has 1 aliphatic heterocycles. The summed E-state index contributed by atoms with van der Waals surface area (Å²) in [6.45, 7) is 3.01. The lowest BCUT2D eigenvalue weighted by atomic mass is 10.1. The van der Waals surface area contributed by atoms with E-state index in [1.54, 1.807) is 0 Å². The van der Waals surface area contributed by atoms with Gasteiger partial charge in [-0.15, -0.1) is 0 Å². The van der Waals surface area contributed by atoms with E-state index in [1.165, 1.54) is 51.4 Å². The summed E-state index contributed by atoms with van der Waals surface area (Å²) in [5.74, 6) is 0.720. The zero-order chi connectivity index (χ0) is 16.0. The normalized spacial score (nSPS) is 20.5. The molecule has 22 heavy (non-hydrogen) atoms. The number of unbranched alkanes of at least 4 members (excludes halogenated alkanes) is 9. The quantitative estimate of drug-likeness (QED) is 0.428. The molecule has 0 bridgehead atoms. The van der Waals surface area contributed by atoms with Gasteiger partial charge in [0, 0.05) is 13.0 Å². The lowest BCUT2D eigenvalue weighted by molar-refractivity contribution is -0.120. The lowest BCUT2D eigenvalue weighted by Crippen LogP contribution is -2.39. The number of hydrogen-bond donors (Lipinski definition) is 1. The minimum absolute atomic E-state index is 0.0166. The topological polar surface area (TPSA) is 52.2 Å². The van der Waals surface area contributed by atoms with Crippen molar-refractivity contribution in [3.8, 4) is 0 Å². The molecule has 4 heteroatoms. The molecule has 0 saturated carbocycles. The van der Waals surface area contributed by atoms with Gasteiger partial charge in [0.05, 0.1) is 0 Å². The van der Waals surface area contributed by atoms with E-state index in [0.717, 1.165) is 38.6 Å². The molecule has 2 unspecified atom stereocenters. The molecule has 1 aliphatic rings. The summed E-state index contributed by atoms with van der Waals surface area (Å²) in [4.78, 5) is 11.8. The van der Waals surface area contributed by atoms with Crippen LogP contribution in [0.2, 0.25) is 0 Å². The fourth-order valence-electron chi connectivity index (χ4n) is 3.04. The first-order valence-corrected chi connectivity index (χ1v) is 10.8. The van der Waals surface area contributed by atoms with Crippen molar-refractivity contribution in [3.05, 3.63) is 0 Å². The largest absolute Gasteiger partial charge is 0.616 e. The van der Waals surface area contributed by atoms with Gasteiger partial charge in [-0.3, -0.25) is 4.79 Å². The first-order chi connectivity index (χ1) is 10.8. The van der Waals surface area contributed by atoms with Gasteiger partial charge in [0.2, 0.25) is 0 Å². The van der Waals surface area contributed by atoms with Gasteiger partial charge in [-0.05, 0) is 36.9 Å². The fourth-order valence-corrected chi connectivity index (χ4v) is 4.56. The van der Waals surface area contributed by atoms with Crippen LogP contribution < -0.4 is 5.32 Å². The van der Waals surface area contributed by atoms with Crippen molar-refractivity contribution in [2.24, 2.45) is 0 Å². The van der Waals surface area contributed by atoms with Crippen LogP contribution in [0.4, 0.5) is 0 Å². The van der Waals surface area contributed by atoms with Gasteiger partial charge in [-0.25, -0.2) is 0 Å². The highest BCUT2D eigenvalue weighted by Gasteiger charge is 2.30. The monoisotopic (exact) mass is 329 g/mol. The summed E-state index contributed by atoms with van der Waals surface area (Å²) in [7, 11) is 0. The Labute approximate surface area is 140 Å². The number of carbonyl (C=O) groups is 1. The number of carbonyl (C=O) groups excluding carboxylic acids is 1. The second-order valence-corrected chi connectivity index (χ2v) is 8.28. The Balaban J connectivity index is 1.96. The van der Waals surface area contributed by atoms with Crippen molar-refractivity contribution in [3.63, 3.8) is 0 Å². The molecular weight excluding hydrogens is 294 g/mol. The summed E-state index contributed by atoms with van der Waals surface area (Å²) >= 11 is -0.972. The Morgan fingerprint density at radius 2 is 1.59 bits per heavy atom. The molecule has 0 aromatic heterocycles. The molecule has 0 aliphatic carbocycles. The Kier molecular flexibility index (Phi) is 11.9. The second kappa shape index (κ2) is 13.2. The molecule has 0 spiro atoms. The maximum Gasteiger partial charge on any atom is 0.273 e. The van der Waals surface area contributed by atoms with Crippen molar-refractivity contribution in [2.75, 3.05) is 12.3 Å². The molecule has 0 aromatic rings. The van der Waals surface area contributed by atoms with E-state index in [-0.39, 0.29) is 11.2 Å². The van der Waals surface area contributed by atoms with E-state index in [2.05, 4.69) is 12.2 Å². The van der Waals surface area contributed by atoms with Crippen molar-refractivity contribution >= 4 is 17.1 Å². The summed E-state index contributed by atoms with van der Waals surface area (Å²) in [5, 5.41) is 2.63. The molecule has 0 radical (unpaired) electrons. The molecule has 1 saturated heterocycles. The smallest absolute Gasteiger partial charge is 0.273 e. The molecule has 1 heterocycles. The third kappa shape index (κ3) is 9.04. The van der Waals surface area contributed by atoms with Crippen LogP contribution in [-0.2, 0) is 16.0 Å². The average Bonchev–Trinajstić information content (AvgIpc) is 2.73. The third-order valence-corrected chi connectivity index (χ3v) is 6.28. The number of rotatable bonds is 12. The van der Waals surface area contributed by atoms with Gasteiger partial charge in [0.1, 0.15) is 5.75 Å². The van der Waals surface area contributed by atoms with Gasteiger partial charge in [-0.2, -0.15) is 0 Å². The Morgan fingerprint density at radius 3 is 2.23 bits per heavy atom. The standard InChI is InChI=1S/C18H35NO2S/c1-2-3-4-5-6-7-8-9-10-13-16-22(21)17-14-11-12-15-19-18(17)20/h17H,2-16H2,1H3,(H,19,20). The number of amides is 1. The van der Waals surface area contributed by atoms with E-state index in [0.29, 0.717) is 5.75 Å². The fraction of sp³-hybridized carbons (Fsp3) is 0.944. The number of nitrogens with one attached hydrogen (secondary N) is 1. The highest BCUT2D eigenvalue weighted by atomic mass is 32.2. The lowest BCUT2D eigenvalue weighted by Gasteiger charge is -2.19. The van der Waals surface area contributed by atoms with Crippen LogP contribution in [0.3, 0.4) is 0 Å². The average molecular weight is 330 g/mol. The van der Waals surface area contributed by atoms with Gasteiger partial charge in [0.15, 0.2) is 5.25 Å². The van der Waals surface area contributed by atoms with Gasteiger partial charge in [0.25, 0.3) is 5.91 Å². The molecular formula is C18H35NO2S. The first kappa shape index (κ1) is 19.8. The summed E-state index contributed by atoms with van der Waals surface area (Å²) in [6, 6.07) is 0. The van der Waals surface area contributed by atoms with Crippen LogP contribution in [0.5, 0.6) is 0 Å². The first-order valence-electron chi connectivity index (χ1n) is 9.40. The maximum atomic E-state index is 12.2. The Morgan fingerprint density at radius 1 is 1.00 bits per heavy atom. The maximum absolute atomic E-state index is 12.2. The Bertz CT molecular complexity index is 286. The molecule has 3 nitrogen and oxygen atoms in total. The van der Waals surface area contributed by atoms with E-state index < -0.39 is 11.2 Å². The molecule has 0 aromatic carbocycles. The minimum Gasteiger partial charge on any atom is -0.616 e. The summed E-state index contributed by atoms with van der Waals surface area (Å²) in [6.07, 6.45) is 15.8. The molecule has 2 atom stereocenters. The predicted molar refractivity (Wildman–Crippen MR) is 95.5 cm³/mol. The van der Waals surface area contributed by atoms with Crippen molar-refractivity contribution in [1.29, 1.82) is 0 Å². The van der Waals surface area contributed by atoms with Crippen LogP contribution in [0.1, 0.15) is 90.4 Å². The number of hydrogen-bond acceptors (Lipinski definition) is 2. The van der Waals surface area contributed by atoms with Crippen LogP contribution >= 0.6 is 0 Å². The van der Waals surface area contributed by atoms with Gasteiger partial charge >= 0.3 is 0 Å². The predicted octanol–water partition coefficient (Wildman–Crippen LogP) is 4.32. The zero-order valence-corrected chi connectivity index (χ0v) is 15.2. The van der Waals surface area contributed by atoms with Crippen molar-refractivity contribution < 1.29 is 9.35 Å². The minimum atomic E-state index is -0.972. The van der Waals surface area contributed by atoms with Crippen LogP contribution in [0.25, 0.3) is 0 Å². The third-order valence-electron chi connectivity index (χ3n) is 4.50. The zero-order valence-electron chi connectivity index (χ0n) is 14.4. The van der Waals surface area contributed by atoms with Gasteiger partial charge in [-0.1, -0.05) is 58.3 Å². The Hall–Kier alpha value is -0.220. The molecule has 1 rings (SSSR count). The summed E-state index contributed by atoms with van der Waals surface area (Å²) in [5.41, 5.74) is 0. The van der Waals surface area contributed by atoms with Crippen molar-refractivity contribution in [1.82, 2.24) is 5.32 Å². The van der Waals surface area contributed by atoms with Crippen molar-refractivity contribution in [2.45, 2.75) is 95.6 Å².